The molecule has 7 heteroatoms. The van der Waals surface area contributed by atoms with Gasteiger partial charge in [0.05, 0.1) is 23.3 Å². The smallest absolute Gasteiger partial charge is 0.256 e. The molecule has 4 aromatic rings. The van der Waals surface area contributed by atoms with Crippen LogP contribution < -0.4 is 0 Å². The highest BCUT2D eigenvalue weighted by atomic mass is 19.1. The van der Waals surface area contributed by atoms with Crippen molar-refractivity contribution in [3.05, 3.63) is 83.3 Å². The van der Waals surface area contributed by atoms with Crippen LogP contribution in [0, 0.1) is 11.6 Å². The van der Waals surface area contributed by atoms with E-state index in [4.69, 9.17) is 0 Å². The number of aryl methyl sites for hydroxylation is 1. The lowest BCUT2D eigenvalue weighted by Crippen LogP contribution is -2.24. The third-order valence-electron chi connectivity index (χ3n) is 5.18. The van der Waals surface area contributed by atoms with Crippen molar-refractivity contribution < 1.29 is 13.6 Å². The number of amides is 1. The van der Waals surface area contributed by atoms with Crippen LogP contribution in [0.3, 0.4) is 0 Å². The van der Waals surface area contributed by atoms with Crippen LogP contribution >= 0.6 is 0 Å². The van der Waals surface area contributed by atoms with Crippen molar-refractivity contribution in [1.29, 1.82) is 0 Å². The van der Waals surface area contributed by atoms with Crippen LogP contribution in [0.15, 0.2) is 54.9 Å². The van der Waals surface area contributed by atoms with Gasteiger partial charge >= 0.3 is 0 Å². The van der Waals surface area contributed by atoms with Crippen molar-refractivity contribution in [2.45, 2.75) is 26.9 Å². The SMILES string of the molecule is CC.Cn1cc2cc(-c3cc(F)c(CN4Cc5ncccc5C4=O)cc3F)ccc2n1. The summed E-state index contributed by atoms with van der Waals surface area (Å²) in [6, 6.07) is 11.0. The van der Waals surface area contributed by atoms with Gasteiger partial charge in [-0.3, -0.25) is 14.5 Å². The highest BCUT2D eigenvalue weighted by Gasteiger charge is 2.29. The number of nitrogens with zero attached hydrogens (tertiary/aromatic N) is 4. The third kappa shape index (κ3) is 3.79. The van der Waals surface area contributed by atoms with Gasteiger partial charge in [-0.05, 0) is 42.0 Å². The number of hydrogen-bond donors (Lipinski definition) is 0. The Morgan fingerprint density at radius 3 is 2.61 bits per heavy atom. The molecule has 31 heavy (non-hydrogen) atoms. The molecule has 0 saturated heterocycles. The zero-order valence-corrected chi connectivity index (χ0v) is 17.6. The molecule has 158 valence electrons. The van der Waals surface area contributed by atoms with E-state index in [0.29, 0.717) is 16.8 Å². The first-order chi connectivity index (χ1) is 15.0. The monoisotopic (exact) mass is 420 g/mol. The fraction of sp³-hybridized carbons (Fsp3) is 0.208. The number of pyridine rings is 1. The molecular formula is C24H22F2N4O. The summed E-state index contributed by atoms with van der Waals surface area (Å²) in [6.45, 7) is 4.27. The molecule has 0 spiro atoms. The van der Waals surface area contributed by atoms with Crippen LogP contribution in [0.2, 0.25) is 0 Å². The van der Waals surface area contributed by atoms with Gasteiger partial charge in [0.25, 0.3) is 5.91 Å². The quantitative estimate of drug-likeness (QED) is 0.464. The third-order valence-corrected chi connectivity index (χ3v) is 5.18. The zero-order valence-electron chi connectivity index (χ0n) is 17.6. The Labute approximate surface area is 178 Å². The molecule has 0 N–H and O–H groups in total. The van der Waals surface area contributed by atoms with Gasteiger partial charge in [-0.25, -0.2) is 8.78 Å². The van der Waals surface area contributed by atoms with Crippen LogP contribution in [0.25, 0.3) is 22.0 Å². The number of carbonyl (C=O) groups is 1. The second kappa shape index (κ2) is 8.26. The number of carbonyl (C=O) groups excluding carboxylic acids is 1. The Morgan fingerprint density at radius 2 is 1.84 bits per heavy atom. The Kier molecular flexibility index (Phi) is 5.50. The minimum absolute atomic E-state index is 0.0140. The van der Waals surface area contributed by atoms with Gasteiger partial charge in [-0.15, -0.1) is 0 Å². The summed E-state index contributed by atoms with van der Waals surface area (Å²) in [5.41, 5.74) is 2.83. The number of aromatic nitrogens is 3. The molecule has 0 unspecified atom stereocenters. The molecule has 0 aliphatic carbocycles. The van der Waals surface area contributed by atoms with Crippen LogP contribution in [0.1, 0.15) is 35.5 Å². The summed E-state index contributed by atoms with van der Waals surface area (Å²) in [5, 5.41) is 5.14. The molecule has 2 aromatic carbocycles. The lowest BCUT2D eigenvalue weighted by molar-refractivity contribution is 0.0764. The van der Waals surface area contributed by atoms with E-state index in [1.165, 1.54) is 17.0 Å². The molecule has 3 heterocycles. The van der Waals surface area contributed by atoms with Crippen LogP contribution in [-0.2, 0) is 20.1 Å². The average Bonchev–Trinajstić information content (AvgIpc) is 3.30. The van der Waals surface area contributed by atoms with Gasteiger partial charge in [-0.2, -0.15) is 5.10 Å². The maximum atomic E-state index is 14.9. The van der Waals surface area contributed by atoms with E-state index in [1.807, 2.05) is 27.1 Å². The maximum Gasteiger partial charge on any atom is 0.256 e. The molecule has 0 saturated carbocycles. The minimum Gasteiger partial charge on any atom is -0.328 e. The number of fused-ring (bicyclic) bond motifs is 2. The molecular weight excluding hydrogens is 398 g/mol. The van der Waals surface area contributed by atoms with Crippen molar-refractivity contribution in [2.24, 2.45) is 7.05 Å². The van der Waals surface area contributed by atoms with E-state index in [0.717, 1.165) is 10.9 Å². The van der Waals surface area contributed by atoms with E-state index in [9.17, 15) is 13.6 Å². The predicted octanol–water partition coefficient (Wildman–Crippen LogP) is 5.10. The summed E-state index contributed by atoms with van der Waals surface area (Å²) in [4.78, 5) is 18.1. The fourth-order valence-corrected chi connectivity index (χ4v) is 3.76. The van der Waals surface area contributed by atoms with Gasteiger partial charge in [0, 0.05) is 42.5 Å². The topological polar surface area (TPSA) is 51.0 Å². The number of rotatable bonds is 3. The standard InChI is InChI=1S/C22H16F2N4O.C2H6/c1-27-10-15-7-13(4-5-20(15)26-27)17-9-18(23)14(8-19(17)24)11-28-12-21-16(22(28)29)3-2-6-25-21;1-2/h2-10H,11-12H2,1H3;1-2H3. The summed E-state index contributed by atoms with van der Waals surface area (Å²) < 4.78 is 31.3. The predicted molar refractivity (Wildman–Crippen MR) is 115 cm³/mol. The van der Waals surface area contributed by atoms with Crippen molar-refractivity contribution in [1.82, 2.24) is 19.7 Å². The van der Waals surface area contributed by atoms with E-state index in [2.05, 4.69) is 10.1 Å². The molecule has 0 bridgehead atoms. The van der Waals surface area contributed by atoms with Gasteiger partial charge in [0.2, 0.25) is 0 Å². The highest BCUT2D eigenvalue weighted by molar-refractivity contribution is 5.97. The molecule has 1 aliphatic rings. The first kappa shape index (κ1) is 20.7. The van der Waals surface area contributed by atoms with Gasteiger partial charge in [-0.1, -0.05) is 19.9 Å². The summed E-state index contributed by atoms with van der Waals surface area (Å²) in [7, 11) is 1.81. The molecule has 0 fully saturated rings. The maximum absolute atomic E-state index is 14.9. The zero-order chi connectivity index (χ0) is 22.1. The van der Waals surface area contributed by atoms with Crippen LogP contribution in [-0.4, -0.2) is 25.6 Å². The van der Waals surface area contributed by atoms with E-state index < -0.39 is 11.6 Å². The molecule has 5 nitrogen and oxygen atoms in total. The Bertz CT molecular complexity index is 1280. The molecule has 2 aromatic heterocycles. The molecule has 1 aliphatic heterocycles. The van der Waals surface area contributed by atoms with Gasteiger partial charge in [0.15, 0.2) is 0 Å². The largest absolute Gasteiger partial charge is 0.328 e. The number of halogens is 2. The Hall–Kier alpha value is -3.61. The fourth-order valence-electron chi connectivity index (χ4n) is 3.76. The van der Waals surface area contributed by atoms with E-state index in [-0.39, 0.29) is 30.1 Å². The Balaban J connectivity index is 0.00000112. The normalized spacial score (nSPS) is 12.7. The van der Waals surface area contributed by atoms with Gasteiger partial charge < -0.3 is 4.90 Å². The number of hydrogen-bond acceptors (Lipinski definition) is 3. The van der Waals surface area contributed by atoms with Crippen molar-refractivity contribution in [3.63, 3.8) is 0 Å². The van der Waals surface area contributed by atoms with Crippen molar-refractivity contribution in [3.8, 4) is 11.1 Å². The van der Waals surface area contributed by atoms with E-state index in [1.54, 1.807) is 41.2 Å². The Morgan fingerprint density at radius 1 is 1.03 bits per heavy atom. The lowest BCUT2D eigenvalue weighted by atomic mass is 10.0. The molecule has 0 atom stereocenters. The van der Waals surface area contributed by atoms with Crippen molar-refractivity contribution in [2.75, 3.05) is 0 Å². The second-order valence-electron chi connectivity index (χ2n) is 7.16. The second-order valence-corrected chi connectivity index (χ2v) is 7.16. The van der Waals surface area contributed by atoms with Crippen molar-refractivity contribution >= 4 is 16.8 Å². The summed E-state index contributed by atoms with van der Waals surface area (Å²) in [5.74, 6) is -1.31. The first-order valence-electron chi connectivity index (χ1n) is 10.1. The van der Waals surface area contributed by atoms with E-state index >= 15 is 0 Å². The summed E-state index contributed by atoms with van der Waals surface area (Å²) >= 11 is 0. The van der Waals surface area contributed by atoms with Gasteiger partial charge in [0.1, 0.15) is 11.6 Å². The molecule has 5 rings (SSSR count). The molecule has 1 amide bonds. The lowest BCUT2D eigenvalue weighted by Gasteiger charge is -2.17. The summed E-state index contributed by atoms with van der Waals surface area (Å²) in [6.07, 6.45) is 3.44. The minimum atomic E-state index is -0.551. The number of benzene rings is 2. The first-order valence-corrected chi connectivity index (χ1v) is 10.1. The van der Waals surface area contributed by atoms with Crippen LogP contribution in [0.4, 0.5) is 8.78 Å². The van der Waals surface area contributed by atoms with Crippen LogP contribution in [0.5, 0.6) is 0 Å². The average molecular weight is 420 g/mol. The highest BCUT2D eigenvalue weighted by Crippen LogP contribution is 2.30. The molecule has 0 radical (unpaired) electrons.